The second-order valence-corrected chi connectivity index (χ2v) is 5.62. The van der Waals surface area contributed by atoms with Crippen LogP contribution in [0.15, 0.2) is 46.9 Å². The molecule has 1 unspecified atom stereocenters. The lowest BCUT2D eigenvalue weighted by Gasteiger charge is -2.19. The average Bonchev–Trinajstić information content (AvgIpc) is 2.35. The minimum Gasteiger partial charge on any atom is -0.309 e. The maximum atomic E-state index is 6.30. The first-order valence-electron chi connectivity index (χ1n) is 5.80. The molecule has 0 fully saturated rings. The van der Waals surface area contributed by atoms with Crippen LogP contribution in [0.3, 0.4) is 0 Å². The number of nitrogens with one attached hydrogen (secondary N) is 1. The third-order valence-corrected chi connectivity index (χ3v) is 3.77. The molecule has 1 atom stereocenters. The molecule has 0 heterocycles. The van der Waals surface area contributed by atoms with Crippen molar-refractivity contribution in [3.63, 3.8) is 0 Å². The van der Waals surface area contributed by atoms with Gasteiger partial charge in [-0.1, -0.05) is 57.4 Å². The summed E-state index contributed by atoms with van der Waals surface area (Å²) < 4.78 is 1.04. The van der Waals surface area contributed by atoms with Crippen molar-refractivity contribution in [2.45, 2.75) is 13.0 Å². The van der Waals surface area contributed by atoms with Gasteiger partial charge in [-0.05, 0) is 43.3 Å². The molecule has 0 spiro atoms. The largest absolute Gasteiger partial charge is 0.309 e. The zero-order chi connectivity index (χ0) is 13.1. The van der Waals surface area contributed by atoms with E-state index in [0.29, 0.717) is 0 Å². The first kappa shape index (κ1) is 13.6. The van der Waals surface area contributed by atoms with Crippen molar-refractivity contribution in [3.05, 3.63) is 68.7 Å². The number of benzene rings is 2. The highest BCUT2D eigenvalue weighted by atomic mass is 79.9. The smallest absolute Gasteiger partial charge is 0.0589 e. The minimum absolute atomic E-state index is 0.106. The predicted octanol–water partition coefficient (Wildman–Crippen LogP) is 4.72. The van der Waals surface area contributed by atoms with Crippen molar-refractivity contribution in [2.24, 2.45) is 0 Å². The van der Waals surface area contributed by atoms with Crippen LogP contribution in [0.2, 0.25) is 5.02 Å². The molecule has 18 heavy (non-hydrogen) atoms. The quantitative estimate of drug-likeness (QED) is 0.861. The Balaban J connectivity index is 2.48. The van der Waals surface area contributed by atoms with Gasteiger partial charge in [-0.3, -0.25) is 0 Å². The highest BCUT2D eigenvalue weighted by Crippen LogP contribution is 2.30. The molecule has 2 aromatic carbocycles. The Labute approximate surface area is 121 Å². The third kappa shape index (κ3) is 2.94. The Morgan fingerprint density at radius 3 is 2.61 bits per heavy atom. The molecular formula is C15H15BrClN. The second-order valence-electron chi connectivity index (χ2n) is 4.30. The zero-order valence-electron chi connectivity index (χ0n) is 10.4. The van der Waals surface area contributed by atoms with Crippen LogP contribution < -0.4 is 5.32 Å². The number of rotatable bonds is 3. The zero-order valence-corrected chi connectivity index (χ0v) is 12.7. The first-order valence-corrected chi connectivity index (χ1v) is 6.97. The molecule has 0 aliphatic rings. The maximum Gasteiger partial charge on any atom is 0.0589 e. The van der Waals surface area contributed by atoms with Gasteiger partial charge in [-0.15, -0.1) is 0 Å². The van der Waals surface area contributed by atoms with Crippen molar-refractivity contribution < 1.29 is 0 Å². The van der Waals surface area contributed by atoms with Crippen LogP contribution in [-0.4, -0.2) is 7.05 Å². The summed E-state index contributed by atoms with van der Waals surface area (Å²) >= 11 is 9.79. The average molecular weight is 325 g/mol. The number of hydrogen-bond acceptors (Lipinski definition) is 1. The highest BCUT2D eigenvalue weighted by molar-refractivity contribution is 9.10. The molecule has 0 amide bonds. The van der Waals surface area contributed by atoms with Crippen LogP contribution >= 0.6 is 27.5 Å². The van der Waals surface area contributed by atoms with Gasteiger partial charge in [-0.2, -0.15) is 0 Å². The Hall–Kier alpha value is -0.830. The first-order chi connectivity index (χ1) is 8.61. The van der Waals surface area contributed by atoms with Gasteiger partial charge in [-0.25, -0.2) is 0 Å². The van der Waals surface area contributed by atoms with Gasteiger partial charge in [0.25, 0.3) is 0 Å². The number of hydrogen-bond donors (Lipinski definition) is 1. The van der Waals surface area contributed by atoms with E-state index in [9.17, 15) is 0 Å². The summed E-state index contributed by atoms with van der Waals surface area (Å²) in [6, 6.07) is 14.5. The van der Waals surface area contributed by atoms with Crippen molar-refractivity contribution >= 4 is 27.5 Å². The van der Waals surface area contributed by atoms with E-state index >= 15 is 0 Å². The molecule has 0 bridgehead atoms. The van der Waals surface area contributed by atoms with E-state index in [1.54, 1.807) is 0 Å². The van der Waals surface area contributed by atoms with Gasteiger partial charge in [0.15, 0.2) is 0 Å². The summed E-state index contributed by atoms with van der Waals surface area (Å²) in [5.41, 5.74) is 3.55. The molecule has 0 saturated carbocycles. The summed E-state index contributed by atoms with van der Waals surface area (Å²) in [6.07, 6.45) is 0. The SMILES string of the molecule is CNC(c1cccc(C)c1)c1cc(Br)ccc1Cl. The lowest BCUT2D eigenvalue weighted by Crippen LogP contribution is -2.18. The van der Waals surface area contributed by atoms with Gasteiger partial charge in [0, 0.05) is 9.50 Å². The van der Waals surface area contributed by atoms with Crippen LogP contribution in [0.5, 0.6) is 0 Å². The molecule has 2 aromatic rings. The molecule has 3 heteroatoms. The van der Waals surface area contributed by atoms with E-state index in [1.807, 2.05) is 19.2 Å². The summed E-state index contributed by atoms with van der Waals surface area (Å²) in [5, 5.41) is 4.10. The van der Waals surface area contributed by atoms with Gasteiger partial charge in [0.1, 0.15) is 0 Å². The summed E-state index contributed by atoms with van der Waals surface area (Å²) in [5.74, 6) is 0. The highest BCUT2D eigenvalue weighted by Gasteiger charge is 2.15. The van der Waals surface area contributed by atoms with Gasteiger partial charge < -0.3 is 5.32 Å². The third-order valence-electron chi connectivity index (χ3n) is 2.93. The normalized spacial score (nSPS) is 12.4. The van der Waals surface area contributed by atoms with Crippen molar-refractivity contribution in [2.75, 3.05) is 7.05 Å². The lowest BCUT2D eigenvalue weighted by atomic mass is 9.97. The van der Waals surface area contributed by atoms with Crippen molar-refractivity contribution in [1.29, 1.82) is 0 Å². The van der Waals surface area contributed by atoms with E-state index < -0.39 is 0 Å². The lowest BCUT2D eigenvalue weighted by molar-refractivity contribution is 0.691. The molecule has 2 rings (SSSR count). The fourth-order valence-corrected chi connectivity index (χ4v) is 2.69. The standard InChI is InChI=1S/C15H15BrClN/c1-10-4-3-5-11(8-10)15(18-2)13-9-12(16)6-7-14(13)17/h3-9,15,18H,1-2H3. The molecule has 1 N–H and O–H groups in total. The molecule has 0 aromatic heterocycles. The number of halogens is 2. The Kier molecular flexibility index (Phi) is 4.44. The van der Waals surface area contributed by atoms with E-state index in [-0.39, 0.29) is 6.04 Å². The molecule has 0 aliphatic carbocycles. The molecule has 0 radical (unpaired) electrons. The Morgan fingerprint density at radius 2 is 1.94 bits per heavy atom. The van der Waals surface area contributed by atoms with E-state index in [1.165, 1.54) is 11.1 Å². The predicted molar refractivity (Wildman–Crippen MR) is 81.2 cm³/mol. The minimum atomic E-state index is 0.106. The van der Waals surface area contributed by atoms with Gasteiger partial charge in [0.2, 0.25) is 0 Å². The van der Waals surface area contributed by atoms with Crippen LogP contribution in [-0.2, 0) is 0 Å². The second kappa shape index (κ2) is 5.87. The van der Waals surface area contributed by atoms with Crippen molar-refractivity contribution in [1.82, 2.24) is 5.32 Å². The Morgan fingerprint density at radius 1 is 1.17 bits per heavy atom. The van der Waals surface area contributed by atoms with Crippen LogP contribution in [0.25, 0.3) is 0 Å². The summed E-state index contributed by atoms with van der Waals surface area (Å²) in [4.78, 5) is 0. The number of aryl methyl sites for hydroxylation is 1. The van der Waals surface area contributed by atoms with E-state index in [0.717, 1.165) is 15.1 Å². The molecule has 0 aliphatic heterocycles. The fraction of sp³-hybridized carbons (Fsp3) is 0.200. The fourth-order valence-electron chi connectivity index (χ4n) is 2.09. The molecule has 94 valence electrons. The van der Waals surface area contributed by atoms with Crippen LogP contribution in [0, 0.1) is 6.92 Å². The van der Waals surface area contributed by atoms with Crippen molar-refractivity contribution in [3.8, 4) is 0 Å². The van der Waals surface area contributed by atoms with Gasteiger partial charge in [0.05, 0.1) is 6.04 Å². The summed E-state index contributed by atoms with van der Waals surface area (Å²) in [7, 11) is 1.95. The molecule has 0 saturated heterocycles. The molecule has 1 nitrogen and oxygen atoms in total. The van der Waals surface area contributed by atoms with E-state index in [2.05, 4.69) is 58.5 Å². The van der Waals surface area contributed by atoms with Crippen LogP contribution in [0.4, 0.5) is 0 Å². The monoisotopic (exact) mass is 323 g/mol. The maximum absolute atomic E-state index is 6.30. The Bertz CT molecular complexity index is 554. The van der Waals surface area contributed by atoms with Crippen LogP contribution in [0.1, 0.15) is 22.7 Å². The topological polar surface area (TPSA) is 12.0 Å². The van der Waals surface area contributed by atoms with E-state index in [4.69, 9.17) is 11.6 Å². The van der Waals surface area contributed by atoms with Gasteiger partial charge >= 0.3 is 0 Å². The summed E-state index contributed by atoms with van der Waals surface area (Å²) in [6.45, 7) is 2.10. The molecular weight excluding hydrogens is 310 g/mol.